The predicted molar refractivity (Wildman–Crippen MR) is 96.9 cm³/mol. The fraction of sp³-hybridized carbons (Fsp3) is 0.286. The van der Waals surface area contributed by atoms with Gasteiger partial charge < -0.3 is 5.73 Å². The van der Waals surface area contributed by atoms with Crippen molar-refractivity contribution in [2.24, 2.45) is 0 Å². The van der Waals surface area contributed by atoms with Crippen molar-refractivity contribution in [3.05, 3.63) is 22.2 Å². The average Bonchev–Trinajstić information content (AvgIpc) is 2.50. The molecule has 1 fully saturated rings. The van der Waals surface area contributed by atoms with Crippen LogP contribution in [0, 0.1) is 6.92 Å². The Kier molecular flexibility index (Phi) is 3.85. The highest BCUT2D eigenvalue weighted by Crippen LogP contribution is 2.32. The second-order valence-corrected chi connectivity index (χ2v) is 6.01. The van der Waals surface area contributed by atoms with Crippen LogP contribution < -0.4 is 27.5 Å². The van der Waals surface area contributed by atoms with Crippen molar-refractivity contribution in [3.8, 4) is 0 Å². The number of hydrogen-bond donors (Lipinski definition) is 2. The Bertz CT molecular complexity index is 1010. The summed E-state index contributed by atoms with van der Waals surface area (Å²) in [4.78, 5) is 41.2. The molecular weight excluding hydrogens is 315 g/mol. The second kappa shape index (κ2) is 5.54. The molecule has 11 heteroatoms. The summed E-state index contributed by atoms with van der Waals surface area (Å²) in [5.74, 6) is -2.52. The van der Waals surface area contributed by atoms with Crippen LogP contribution in [0.4, 0.5) is 5.69 Å². The van der Waals surface area contributed by atoms with Crippen molar-refractivity contribution in [1.29, 1.82) is 0 Å². The maximum atomic E-state index is 13.1. The number of benzene rings is 1. The number of aryl methyl sites for hydroxylation is 1. The Morgan fingerprint density at radius 2 is 1.96 bits per heavy atom. The zero-order chi connectivity index (χ0) is 18.7. The number of anilines is 1. The molecule has 2 aromatic rings. The van der Waals surface area contributed by atoms with Crippen molar-refractivity contribution in [2.45, 2.75) is 24.6 Å². The molecule has 0 bridgehead atoms. The smallest absolute Gasteiger partial charge is 0.263 e. The van der Waals surface area contributed by atoms with Crippen molar-refractivity contribution in [2.75, 3.05) is 5.73 Å². The lowest BCUT2D eigenvalue weighted by molar-refractivity contribution is -0.137. The number of aromatic nitrogens is 2. The second-order valence-electron chi connectivity index (χ2n) is 6.01. The maximum absolute atomic E-state index is 13.1. The highest BCUT2D eigenvalue weighted by molar-refractivity contribution is 6.45. The molecule has 0 spiro atoms. The number of nitrogens with one attached hydrogen (secondary N) is 1. The van der Waals surface area contributed by atoms with Crippen molar-refractivity contribution in [1.82, 2.24) is 14.9 Å². The van der Waals surface area contributed by atoms with Crippen molar-refractivity contribution in [3.63, 3.8) is 0 Å². The molecule has 0 saturated carbocycles. The van der Waals surface area contributed by atoms with E-state index in [4.69, 9.17) is 37.1 Å². The van der Waals surface area contributed by atoms with E-state index in [1.165, 1.54) is 13.0 Å². The number of nitrogens with two attached hydrogens (primary N) is 1. The Morgan fingerprint density at radius 3 is 2.56 bits per heavy atom. The molecule has 8 radical (unpaired) electrons. The fourth-order valence-corrected chi connectivity index (χ4v) is 3.04. The minimum Gasteiger partial charge on any atom is -0.398 e. The monoisotopic (exact) mass is 326 g/mol. The zero-order valence-corrected chi connectivity index (χ0v) is 13.4. The van der Waals surface area contributed by atoms with Gasteiger partial charge in [0.05, 0.1) is 24.2 Å². The number of hydrogen-bond acceptors (Lipinski definition) is 5. The quantitative estimate of drug-likeness (QED) is 0.324. The number of piperidine rings is 1. The van der Waals surface area contributed by atoms with Gasteiger partial charge in [-0.15, -0.1) is 0 Å². The van der Waals surface area contributed by atoms with Crippen molar-refractivity contribution < 1.29 is 9.59 Å². The van der Waals surface area contributed by atoms with Gasteiger partial charge in [0.1, 0.15) is 29.4 Å². The van der Waals surface area contributed by atoms with Gasteiger partial charge in [0, 0.05) is 12.1 Å². The SMILES string of the molecule is [B]c1cc([B])c2nc(C)n(C3([B])C(=O)NC(=O)CC3[B])c(=O)c2c1N. The summed E-state index contributed by atoms with van der Waals surface area (Å²) in [5, 5.41) is 2.02. The Morgan fingerprint density at radius 1 is 1.32 bits per heavy atom. The molecule has 7 nitrogen and oxygen atoms in total. The Hall–Kier alpha value is -2.44. The first-order valence-electron chi connectivity index (χ1n) is 7.35. The lowest BCUT2D eigenvalue weighted by Gasteiger charge is -2.41. The minimum absolute atomic E-state index is 0.0279. The van der Waals surface area contributed by atoms with E-state index >= 15 is 0 Å². The van der Waals surface area contributed by atoms with Crippen LogP contribution >= 0.6 is 0 Å². The fourth-order valence-electron chi connectivity index (χ4n) is 3.04. The molecule has 1 aromatic heterocycles. The summed E-state index contributed by atoms with van der Waals surface area (Å²) < 4.78 is 0.928. The Balaban J connectivity index is 2.42. The number of rotatable bonds is 1. The van der Waals surface area contributed by atoms with Gasteiger partial charge >= 0.3 is 0 Å². The van der Waals surface area contributed by atoms with E-state index in [0.717, 1.165) is 4.57 Å². The number of carbonyl (C=O) groups is 2. The van der Waals surface area contributed by atoms with Crippen LogP contribution in [0.1, 0.15) is 12.2 Å². The summed E-state index contributed by atoms with van der Waals surface area (Å²) in [6.07, 6.45) is -0.235. The lowest BCUT2D eigenvalue weighted by atomic mass is 9.56. The average molecular weight is 326 g/mol. The van der Waals surface area contributed by atoms with Crippen LogP contribution in [0.3, 0.4) is 0 Å². The summed E-state index contributed by atoms with van der Waals surface area (Å²) >= 11 is 0. The molecule has 2 unspecified atom stereocenters. The first-order valence-corrected chi connectivity index (χ1v) is 7.35. The van der Waals surface area contributed by atoms with E-state index in [2.05, 4.69) is 10.3 Å². The van der Waals surface area contributed by atoms with Crippen LogP contribution in [0.5, 0.6) is 0 Å². The number of nitrogen functional groups attached to an aromatic ring is 1. The van der Waals surface area contributed by atoms with Gasteiger partial charge in [0.15, 0.2) is 0 Å². The van der Waals surface area contributed by atoms with Gasteiger partial charge in [0.25, 0.3) is 5.56 Å². The molecule has 1 aliphatic rings. The molecule has 2 heterocycles. The molecule has 0 aliphatic carbocycles. The maximum Gasteiger partial charge on any atom is 0.263 e. The molecule has 1 aliphatic heterocycles. The number of imide groups is 1. The van der Waals surface area contributed by atoms with Gasteiger partial charge in [0.2, 0.25) is 11.8 Å². The van der Waals surface area contributed by atoms with Gasteiger partial charge in [-0.3, -0.25) is 24.3 Å². The molecule has 1 aromatic carbocycles. The third kappa shape index (κ3) is 2.33. The van der Waals surface area contributed by atoms with E-state index in [1.807, 2.05) is 0 Å². The highest BCUT2D eigenvalue weighted by atomic mass is 16.2. The highest BCUT2D eigenvalue weighted by Gasteiger charge is 2.46. The zero-order valence-electron chi connectivity index (χ0n) is 13.4. The molecule has 3 rings (SSSR count). The standard InChI is InChI=1S/C14H10B4N4O3/c1-4-20-11-6(16)2-5(15)10(19)9(11)12(24)22(4)14(18)7(17)3-8(23)21-13(14)25/h2,7H,3,19H2,1H3,(H,21,23,25). The van der Waals surface area contributed by atoms with Gasteiger partial charge in [-0.1, -0.05) is 17.0 Å². The van der Waals surface area contributed by atoms with Crippen LogP contribution in [0.2, 0.25) is 5.82 Å². The third-order valence-corrected chi connectivity index (χ3v) is 4.37. The minimum atomic E-state index is -2.01. The summed E-state index contributed by atoms with van der Waals surface area (Å²) in [6.45, 7) is 1.47. The van der Waals surface area contributed by atoms with E-state index in [1.54, 1.807) is 0 Å². The molecule has 25 heavy (non-hydrogen) atoms. The molecule has 2 atom stereocenters. The topological polar surface area (TPSA) is 107 Å². The Labute approximate surface area is 148 Å². The normalized spacial score (nSPS) is 23.6. The molecule has 2 amide bonds. The summed E-state index contributed by atoms with van der Waals surface area (Å²) in [7, 11) is 23.7. The van der Waals surface area contributed by atoms with Crippen LogP contribution in [0.25, 0.3) is 10.9 Å². The van der Waals surface area contributed by atoms with Crippen LogP contribution in [-0.2, 0) is 15.0 Å². The van der Waals surface area contributed by atoms with Gasteiger partial charge in [-0.05, 0) is 12.7 Å². The van der Waals surface area contributed by atoms with Crippen LogP contribution in [-0.4, -0.2) is 52.8 Å². The van der Waals surface area contributed by atoms with Gasteiger partial charge in [-0.2, -0.15) is 0 Å². The first kappa shape index (κ1) is 17.4. The van der Waals surface area contributed by atoms with E-state index in [-0.39, 0.29) is 39.8 Å². The van der Waals surface area contributed by atoms with Crippen LogP contribution in [0.15, 0.2) is 10.9 Å². The van der Waals surface area contributed by atoms with Gasteiger partial charge in [-0.25, -0.2) is 4.98 Å². The van der Waals surface area contributed by atoms with E-state index in [0.29, 0.717) is 0 Å². The largest absolute Gasteiger partial charge is 0.398 e. The molecular formula is C14H10B4N4O3. The summed E-state index contributed by atoms with van der Waals surface area (Å²) in [5.41, 5.74) is 3.55. The predicted octanol–water partition coefficient (Wildman–Crippen LogP) is -3.30. The number of amides is 2. The first-order chi connectivity index (χ1) is 11.6. The van der Waals surface area contributed by atoms with E-state index in [9.17, 15) is 14.4 Å². The third-order valence-electron chi connectivity index (χ3n) is 4.37. The number of fused-ring (bicyclic) bond motifs is 1. The molecule has 116 valence electrons. The molecule has 1 saturated heterocycles. The summed E-state index contributed by atoms with van der Waals surface area (Å²) in [6, 6.07) is 1.39. The van der Waals surface area contributed by atoms with E-state index < -0.39 is 28.6 Å². The van der Waals surface area contributed by atoms with Crippen molar-refractivity contribution >= 4 is 70.7 Å². The molecule has 3 N–H and O–H groups in total. The lowest BCUT2D eigenvalue weighted by Crippen LogP contribution is -2.61. The number of nitrogens with zero attached hydrogens (tertiary/aromatic N) is 2. The number of carbonyl (C=O) groups excluding carboxylic acids is 2.